The second-order valence-corrected chi connectivity index (χ2v) is 5.57. The molecule has 0 saturated carbocycles. The van der Waals surface area contributed by atoms with Crippen LogP contribution in [0.25, 0.3) is 0 Å². The number of hydrogen-bond donors (Lipinski definition) is 1. The summed E-state index contributed by atoms with van der Waals surface area (Å²) in [6, 6.07) is 23.4. The van der Waals surface area contributed by atoms with Gasteiger partial charge in [0.25, 0.3) is 5.91 Å². The van der Waals surface area contributed by atoms with Crippen molar-refractivity contribution in [3.05, 3.63) is 90.3 Å². The zero-order chi connectivity index (χ0) is 16.8. The number of rotatable bonds is 5. The van der Waals surface area contributed by atoms with Crippen LogP contribution in [0.15, 0.2) is 79.0 Å². The first kappa shape index (κ1) is 15.7. The van der Waals surface area contributed by atoms with Gasteiger partial charge in [-0.05, 0) is 29.8 Å². The summed E-state index contributed by atoms with van der Waals surface area (Å²) in [4.78, 5) is 18.4. The molecule has 1 heterocycles. The molecule has 4 nitrogen and oxygen atoms in total. The highest BCUT2D eigenvalue weighted by molar-refractivity contribution is 5.92. The summed E-state index contributed by atoms with van der Waals surface area (Å²) in [5.41, 5.74) is 3.37. The first-order chi connectivity index (χ1) is 11.7. The van der Waals surface area contributed by atoms with Crippen LogP contribution in [0.4, 0.5) is 11.4 Å². The van der Waals surface area contributed by atoms with Gasteiger partial charge in [-0.1, -0.05) is 48.5 Å². The van der Waals surface area contributed by atoms with Gasteiger partial charge in [0.05, 0.1) is 11.9 Å². The van der Waals surface area contributed by atoms with E-state index in [2.05, 4.69) is 10.3 Å². The summed E-state index contributed by atoms with van der Waals surface area (Å²) >= 11 is 0. The van der Waals surface area contributed by atoms with Gasteiger partial charge in [0.2, 0.25) is 0 Å². The van der Waals surface area contributed by atoms with Gasteiger partial charge in [-0.25, -0.2) is 4.98 Å². The molecule has 4 heteroatoms. The van der Waals surface area contributed by atoms with Crippen molar-refractivity contribution in [2.24, 2.45) is 0 Å². The number of para-hydroxylation sites is 1. The standard InChI is InChI=1S/C20H19N3O/c1-23(15-16-8-4-2-5-9-16)20(24)19-13-12-18(14-21-19)22-17-10-6-3-7-11-17/h2-14,22H,15H2,1H3. The Morgan fingerprint density at radius 1 is 0.917 bits per heavy atom. The van der Waals surface area contributed by atoms with Crippen molar-refractivity contribution in [3.63, 3.8) is 0 Å². The first-order valence-electron chi connectivity index (χ1n) is 7.80. The fourth-order valence-corrected chi connectivity index (χ4v) is 2.41. The molecule has 0 aliphatic heterocycles. The van der Waals surface area contributed by atoms with Crippen LogP contribution >= 0.6 is 0 Å². The molecule has 0 fully saturated rings. The monoisotopic (exact) mass is 317 g/mol. The minimum atomic E-state index is -0.0925. The van der Waals surface area contributed by atoms with Crippen LogP contribution in [0, 0.1) is 0 Å². The summed E-state index contributed by atoms with van der Waals surface area (Å²) in [5, 5.41) is 3.25. The lowest BCUT2D eigenvalue weighted by atomic mass is 10.2. The number of amides is 1. The lowest BCUT2D eigenvalue weighted by Gasteiger charge is -2.17. The molecule has 3 aromatic rings. The van der Waals surface area contributed by atoms with Gasteiger partial charge in [-0.15, -0.1) is 0 Å². The van der Waals surface area contributed by atoms with Crippen LogP contribution < -0.4 is 5.32 Å². The van der Waals surface area contributed by atoms with Gasteiger partial charge in [0.15, 0.2) is 0 Å². The fourth-order valence-electron chi connectivity index (χ4n) is 2.41. The third kappa shape index (κ3) is 3.98. The van der Waals surface area contributed by atoms with Crippen LogP contribution in [0.1, 0.15) is 16.1 Å². The summed E-state index contributed by atoms with van der Waals surface area (Å²) in [7, 11) is 1.78. The molecule has 120 valence electrons. The van der Waals surface area contributed by atoms with Gasteiger partial charge in [0, 0.05) is 19.3 Å². The summed E-state index contributed by atoms with van der Waals surface area (Å²) in [6.45, 7) is 0.561. The van der Waals surface area contributed by atoms with E-state index >= 15 is 0 Å². The van der Waals surface area contributed by atoms with Crippen molar-refractivity contribution in [3.8, 4) is 0 Å². The summed E-state index contributed by atoms with van der Waals surface area (Å²) < 4.78 is 0. The van der Waals surface area contributed by atoms with Crippen molar-refractivity contribution in [1.29, 1.82) is 0 Å². The Labute approximate surface area is 141 Å². The minimum absolute atomic E-state index is 0.0925. The molecule has 0 radical (unpaired) electrons. The average Bonchev–Trinajstić information content (AvgIpc) is 2.63. The maximum atomic E-state index is 12.5. The molecule has 0 aliphatic rings. The largest absolute Gasteiger partial charge is 0.354 e. The van der Waals surface area contributed by atoms with E-state index < -0.39 is 0 Å². The van der Waals surface area contributed by atoms with Crippen LogP contribution in [0.2, 0.25) is 0 Å². The maximum Gasteiger partial charge on any atom is 0.272 e. The highest BCUT2D eigenvalue weighted by Crippen LogP contribution is 2.15. The normalized spacial score (nSPS) is 10.2. The smallest absolute Gasteiger partial charge is 0.272 e. The maximum absolute atomic E-state index is 12.5. The Morgan fingerprint density at radius 3 is 2.21 bits per heavy atom. The van der Waals surface area contributed by atoms with Crippen molar-refractivity contribution in [2.75, 3.05) is 12.4 Å². The highest BCUT2D eigenvalue weighted by atomic mass is 16.2. The third-order valence-electron chi connectivity index (χ3n) is 3.65. The Balaban J connectivity index is 1.65. The molecule has 1 amide bonds. The zero-order valence-corrected chi connectivity index (χ0v) is 13.5. The highest BCUT2D eigenvalue weighted by Gasteiger charge is 2.13. The third-order valence-corrected chi connectivity index (χ3v) is 3.65. The van der Waals surface area contributed by atoms with E-state index in [0.717, 1.165) is 16.9 Å². The van der Waals surface area contributed by atoms with E-state index in [4.69, 9.17) is 0 Å². The Bertz CT molecular complexity index is 786. The second kappa shape index (κ2) is 7.42. The number of aromatic nitrogens is 1. The molecule has 0 atom stereocenters. The number of hydrogen-bond acceptors (Lipinski definition) is 3. The van der Waals surface area contributed by atoms with Gasteiger partial charge in [0.1, 0.15) is 5.69 Å². The van der Waals surface area contributed by atoms with Crippen molar-refractivity contribution in [2.45, 2.75) is 6.54 Å². The summed E-state index contributed by atoms with van der Waals surface area (Å²) in [6.07, 6.45) is 1.68. The molecule has 3 rings (SSSR count). The number of nitrogens with zero attached hydrogens (tertiary/aromatic N) is 2. The minimum Gasteiger partial charge on any atom is -0.354 e. The molecular formula is C20H19N3O. The topological polar surface area (TPSA) is 45.2 Å². The fraction of sp³-hybridized carbons (Fsp3) is 0.100. The summed E-state index contributed by atoms with van der Waals surface area (Å²) in [5.74, 6) is -0.0925. The number of benzene rings is 2. The molecule has 0 aliphatic carbocycles. The number of carbonyl (C=O) groups is 1. The molecule has 0 saturated heterocycles. The van der Waals surface area contributed by atoms with Crippen molar-refractivity contribution >= 4 is 17.3 Å². The van der Waals surface area contributed by atoms with E-state index in [9.17, 15) is 4.79 Å². The predicted molar refractivity (Wildman–Crippen MR) is 96.2 cm³/mol. The van der Waals surface area contributed by atoms with E-state index in [1.807, 2.05) is 66.7 Å². The van der Waals surface area contributed by atoms with E-state index in [1.165, 1.54) is 0 Å². The van der Waals surface area contributed by atoms with Gasteiger partial charge >= 0.3 is 0 Å². The molecule has 0 unspecified atom stereocenters. The molecule has 0 spiro atoms. The quantitative estimate of drug-likeness (QED) is 0.770. The van der Waals surface area contributed by atoms with Gasteiger partial charge in [-0.3, -0.25) is 4.79 Å². The molecule has 1 N–H and O–H groups in total. The number of anilines is 2. The lowest BCUT2D eigenvalue weighted by Crippen LogP contribution is -2.26. The number of carbonyl (C=O) groups excluding carboxylic acids is 1. The van der Waals surface area contributed by atoms with Crippen LogP contribution in [0.3, 0.4) is 0 Å². The Hall–Kier alpha value is -3.14. The second-order valence-electron chi connectivity index (χ2n) is 5.57. The van der Waals surface area contributed by atoms with Crippen LogP contribution in [-0.4, -0.2) is 22.8 Å². The van der Waals surface area contributed by atoms with E-state index in [0.29, 0.717) is 12.2 Å². The average molecular weight is 317 g/mol. The number of pyridine rings is 1. The van der Waals surface area contributed by atoms with E-state index in [-0.39, 0.29) is 5.91 Å². The van der Waals surface area contributed by atoms with Crippen molar-refractivity contribution in [1.82, 2.24) is 9.88 Å². The van der Waals surface area contributed by atoms with Crippen LogP contribution in [0.5, 0.6) is 0 Å². The molecule has 0 bridgehead atoms. The molecule has 2 aromatic carbocycles. The Morgan fingerprint density at radius 2 is 1.58 bits per heavy atom. The Kier molecular flexibility index (Phi) is 4.87. The molecule has 1 aromatic heterocycles. The lowest BCUT2D eigenvalue weighted by molar-refractivity contribution is 0.0779. The van der Waals surface area contributed by atoms with Gasteiger partial charge in [-0.2, -0.15) is 0 Å². The first-order valence-corrected chi connectivity index (χ1v) is 7.80. The molecule has 24 heavy (non-hydrogen) atoms. The van der Waals surface area contributed by atoms with Crippen LogP contribution in [-0.2, 0) is 6.54 Å². The van der Waals surface area contributed by atoms with Crippen molar-refractivity contribution < 1.29 is 4.79 Å². The SMILES string of the molecule is CN(Cc1ccccc1)C(=O)c1ccc(Nc2ccccc2)cn1. The molecular weight excluding hydrogens is 298 g/mol. The predicted octanol–water partition coefficient (Wildman–Crippen LogP) is 4.10. The zero-order valence-electron chi connectivity index (χ0n) is 13.5. The number of nitrogens with one attached hydrogen (secondary N) is 1. The van der Waals surface area contributed by atoms with Gasteiger partial charge < -0.3 is 10.2 Å². The van der Waals surface area contributed by atoms with E-state index in [1.54, 1.807) is 24.2 Å².